The molecule has 6 heteroatoms. The molecule has 0 saturated carbocycles. The van der Waals surface area contributed by atoms with Gasteiger partial charge in [0.1, 0.15) is 11.9 Å². The smallest absolute Gasteiger partial charge is 0.326 e. The Bertz CT molecular complexity index is 484. The third-order valence-electron chi connectivity index (χ3n) is 3.79. The molecule has 1 saturated heterocycles. The highest BCUT2D eigenvalue weighted by Crippen LogP contribution is 2.18. The van der Waals surface area contributed by atoms with E-state index >= 15 is 0 Å². The standard InChI is InChI=1S/C14H21N3O3/c1-2-12-15-7-10-16(12)9-6-13(18)17-8-4-3-5-11(17)14(19)20/h7,10-11H,2-6,8-9H2,1H3,(H,19,20)/t11-/m0/s1. The molecule has 1 aromatic heterocycles. The molecule has 20 heavy (non-hydrogen) atoms. The Labute approximate surface area is 118 Å². The number of aromatic nitrogens is 2. The van der Waals surface area contributed by atoms with Crippen molar-refractivity contribution < 1.29 is 14.7 Å². The number of aryl methyl sites for hydroxylation is 2. The van der Waals surface area contributed by atoms with Gasteiger partial charge in [-0.2, -0.15) is 0 Å². The van der Waals surface area contributed by atoms with Crippen LogP contribution in [-0.2, 0) is 22.6 Å². The summed E-state index contributed by atoms with van der Waals surface area (Å²) in [6.45, 7) is 3.14. The molecule has 1 atom stereocenters. The van der Waals surface area contributed by atoms with Crippen molar-refractivity contribution in [2.24, 2.45) is 0 Å². The molecule has 0 radical (unpaired) electrons. The van der Waals surface area contributed by atoms with Crippen molar-refractivity contribution in [3.8, 4) is 0 Å². The molecular formula is C14H21N3O3. The first-order valence-corrected chi connectivity index (χ1v) is 7.15. The van der Waals surface area contributed by atoms with Crippen molar-refractivity contribution in [3.05, 3.63) is 18.2 Å². The summed E-state index contributed by atoms with van der Waals surface area (Å²) in [7, 11) is 0. The van der Waals surface area contributed by atoms with Gasteiger partial charge in [0.25, 0.3) is 0 Å². The minimum absolute atomic E-state index is 0.0761. The van der Waals surface area contributed by atoms with E-state index in [1.165, 1.54) is 4.90 Å². The molecule has 0 unspecified atom stereocenters. The maximum atomic E-state index is 12.2. The monoisotopic (exact) mass is 279 g/mol. The molecule has 1 aromatic rings. The van der Waals surface area contributed by atoms with Crippen LogP contribution < -0.4 is 0 Å². The summed E-state index contributed by atoms with van der Waals surface area (Å²) >= 11 is 0. The van der Waals surface area contributed by atoms with Gasteiger partial charge in [0.15, 0.2) is 0 Å². The Balaban J connectivity index is 1.95. The fourth-order valence-corrected chi connectivity index (χ4v) is 2.70. The molecular weight excluding hydrogens is 258 g/mol. The number of rotatable bonds is 5. The first-order valence-electron chi connectivity index (χ1n) is 7.15. The Morgan fingerprint density at radius 3 is 2.95 bits per heavy atom. The van der Waals surface area contributed by atoms with Gasteiger partial charge >= 0.3 is 5.97 Å². The number of carbonyl (C=O) groups is 2. The largest absolute Gasteiger partial charge is 0.480 e. The van der Waals surface area contributed by atoms with Crippen LogP contribution in [-0.4, -0.2) is 44.0 Å². The molecule has 1 N–H and O–H groups in total. The molecule has 110 valence electrons. The van der Waals surface area contributed by atoms with Crippen LogP contribution in [0.5, 0.6) is 0 Å². The molecule has 0 aromatic carbocycles. The average molecular weight is 279 g/mol. The van der Waals surface area contributed by atoms with Gasteiger partial charge in [0.05, 0.1) is 0 Å². The maximum absolute atomic E-state index is 12.2. The van der Waals surface area contributed by atoms with Gasteiger partial charge in [-0.15, -0.1) is 0 Å². The van der Waals surface area contributed by atoms with Gasteiger partial charge in [-0.05, 0) is 19.3 Å². The molecule has 1 fully saturated rings. The van der Waals surface area contributed by atoms with Gasteiger partial charge in [-0.25, -0.2) is 9.78 Å². The van der Waals surface area contributed by atoms with Gasteiger partial charge in [-0.1, -0.05) is 6.92 Å². The van der Waals surface area contributed by atoms with Crippen LogP contribution in [0, 0.1) is 0 Å². The number of imidazole rings is 1. The number of hydrogen-bond acceptors (Lipinski definition) is 3. The van der Waals surface area contributed by atoms with E-state index in [4.69, 9.17) is 0 Å². The normalized spacial score (nSPS) is 19.1. The Kier molecular flexibility index (Phi) is 4.76. The lowest BCUT2D eigenvalue weighted by molar-refractivity contribution is -0.152. The third kappa shape index (κ3) is 3.18. The minimum Gasteiger partial charge on any atom is -0.480 e. The number of aliphatic carboxylic acids is 1. The van der Waals surface area contributed by atoms with E-state index in [0.717, 1.165) is 25.1 Å². The highest BCUT2D eigenvalue weighted by Gasteiger charge is 2.31. The second kappa shape index (κ2) is 6.54. The lowest BCUT2D eigenvalue weighted by atomic mass is 10.0. The lowest BCUT2D eigenvalue weighted by Gasteiger charge is -2.33. The Hall–Kier alpha value is -1.85. The van der Waals surface area contributed by atoms with Crippen LogP contribution >= 0.6 is 0 Å². The summed E-state index contributed by atoms with van der Waals surface area (Å²) in [5, 5.41) is 9.18. The molecule has 0 bridgehead atoms. The van der Waals surface area contributed by atoms with E-state index in [1.807, 2.05) is 17.7 Å². The fraction of sp³-hybridized carbons (Fsp3) is 0.643. The summed E-state index contributed by atoms with van der Waals surface area (Å²) < 4.78 is 1.96. The van der Waals surface area contributed by atoms with Crippen molar-refractivity contribution in [3.63, 3.8) is 0 Å². The second-order valence-electron chi connectivity index (χ2n) is 5.08. The molecule has 6 nitrogen and oxygen atoms in total. The summed E-state index contributed by atoms with van der Waals surface area (Å²) in [5.74, 6) is -0.0194. The van der Waals surface area contributed by atoms with Crippen molar-refractivity contribution in [2.75, 3.05) is 6.54 Å². The SMILES string of the molecule is CCc1nccn1CCC(=O)N1CCCC[C@H]1C(=O)O. The number of nitrogens with zero attached hydrogens (tertiary/aromatic N) is 3. The molecule has 0 spiro atoms. The zero-order valence-electron chi connectivity index (χ0n) is 11.8. The van der Waals surface area contributed by atoms with Gasteiger partial charge in [-0.3, -0.25) is 4.79 Å². The Morgan fingerprint density at radius 1 is 1.45 bits per heavy atom. The molecule has 1 aliphatic rings. The van der Waals surface area contributed by atoms with Crippen molar-refractivity contribution in [2.45, 2.75) is 51.6 Å². The third-order valence-corrected chi connectivity index (χ3v) is 3.79. The summed E-state index contributed by atoms with van der Waals surface area (Å²) in [6, 6.07) is -0.648. The van der Waals surface area contributed by atoms with Gasteiger partial charge in [0, 0.05) is 38.3 Å². The molecule has 0 aliphatic carbocycles. The van der Waals surface area contributed by atoms with E-state index in [9.17, 15) is 14.7 Å². The number of amides is 1. The first kappa shape index (κ1) is 14.6. The van der Waals surface area contributed by atoms with Crippen molar-refractivity contribution >= 4 is 11.9 Å². The fourth-order valence-electron chi connectivity index (χ4n) is 2.70. The molecule has 2 rings (SSSR count). The summed E-state index contributed by atoms with van der Waals surface area (Å²) in [5.41, 5.74) is 0. The quantitative estimate of drug-likeness (QED) is 0.881. The molecule has 2 heterocycles. The number of carboxylic acids is 1. The number of carbonyl (C=O) groups excluding carboxylic acids is 1. The van der Waals surface area contributed by atoms with E-state index in [1.54, 1.807) is 6.20 Å². The van der Waals surface area contributed by atoms with Crippen molar-refractivity contribution in [1.29, 1.82) is 0 Å². The maximum Gasteiger partial charge on any atom is 0.326 e. The second-order valence-corrected chi connectivity index (χ2v) is 5.08. The number of piperidine rings is 1. The lowest BCUT2D eigenvalue weighted by Crippen LogP contribution is -2.48. The zero-order chi connectivity index (χ0) is 14.5. The predicted molar refractivity (Wildman–Crippen MR) is 73.2 cm³/mol. The summed E-state index contributed by atoms with van der Waals surface area (Å²) in [6.07, 6.45) is 7.06. The highest BCUT2D eigenvalue weighted by molar-refractivity contribution is 5.83. The predicted octanol–water partition coefficient (Wildman–Crippen LogP) is 1.30. The van der Waals surface area contributed by atoms with Crippen LogP contribution in [0.2, 0.25) is 0 Å². The topological polar surface area (TPSA) is 75.4 Å². The molecule has 1 aliphatic heterocycles. The van der Waals surface area contributed by atoms with Crippen LogP contribution in [0.25, 0.3) is 0 Å². The van der Waals surface area contributed by atoms with E-state index < -0.39 is 12.0 Å². The van der Waals surface area contributed by atoms with Gasteiger partial charge < -0.3 is 14.6 Å². The number of hydrogen-bond donors (Lipinski definition) is 1. The van der Waals surface area contributed by atoms with Crippen LogP contribution in [0.1, 0.15) is 38.4 Å². The Morgan fingerprint density at radius 2 is 2.25 bits per heavy atom. The minimum atomic E-state index is -0.894. The number of carboxylic acid groups (broad SMARTS) is 1. The van der Waals surface area contributed by atoms with Crippen molar-refractivity contribution in [1.82, 2.24) is 14.5 Å². The van der Waals surface area contributed by atoms with Crippen LogP contribution in [0.3, 0.4) is 0 Å². The van der Waals surface area contributed by atoms with E-state index in [0.29, 0.717) is 25.9 Å². The zero-order valence-corrected chi connectivity index (χ0v) is 11.8. The van der Waals surface area contributed by atoms with Gasteiger partial charge in [0.2, 0.25) is 5.91 Å². The average Bonchev–Trinajstić information content (AvgIpc) is 2.92. The first-order chi connectivity index (χ1) is 9.63. The van der Waals surface area contributed by atoms with Crippen LogP contribution in [0.4, 0.5) is 0 Å². The van der Waals surface area contributed by atoms with E-state index in [2.05, 4.69) is 4.98 Å². The van der Waals surface area contributed by atoms with E-state index in [-0.39, 0.29) is 5.91 Å². The highest BCUT2D eigenvalue weighted by atomic mass is 16.4. The summed E-state index contributed by atoms with van der Waals surface area (Å²) in [4.78, 5) is 29.2. The molecule has 1 amide bonds. The number of likely N-dealkylation sites (tertiary alicyclic amines) is 1. The van der Waals surface area contributed by atoms with Crippen LogP contribution in [0.15, 0.2) is 12.4 Å².